The Hall–Kier alpha value is -0.180. The average molecular weight is 232 g/mol. The molecule has 90 valence electrons. The molecule has 15 heavy (non-hydrogen) atoms. The maximum Gasteiger partial charge on any atom is 0.308 e. The standard InChI is InChI=1S/C12H24O2S/c1-3-4-9-14-12(13)11(2)8-6-5-7-10-15/h11,15H,3-10H2,1-2H3/t11-/m0/s1. The van der Waals surface area contributed by atoms with Crippen LogP contribution < -0.4 is 0 Å². The third-order valence-electron chi connectivity index (χ3n) is 2.44. The molecule has 0 saturated heterocycles. The smallest absolute Gasteiger partial charge is 0.308 e. The summed E-state index contributed by atoms with van der Waals surface area (Å²) >= 11 is 4.15. The van der Waals surface area contributed by atoms with Gasteiger partial charge >= 0.3 is 5.97 Å². The fourth-order valence-electron chi connectivity index (χ4n) is 1.32. The second-order valence-corrected chi connectivity index (χ2v) is 4.44. The minimum absolute atomic E-state index is 0.0330. The van der Waals surface area contributed by atoms with Crippen LogP contribution in [0.15, 0.2) is 0 Å². The summed E-state index contributed by atoms with van der Waals surface area (Å²) in [5, 5.41) is 0. The lowest BCUT2D eigenvalue weighted by Gasteiger charge is -2.10. The molecule has 1 atom stereocenters. The van der Waals surface area contributed by atoms with Gasteiger partial charge in [-0.3, -0.25) is 4.79 Å². The summed E-state index contributed by atoms with van der Waals surface area (Å²) in [5.41, 5.74) is 0. The first-order chi connectivity index (χ1) is 7.22. The summed E-state index contributed by atoms with van der Waals surface area (Å²) in [5.74, 6) is 0.964. The van der Waals surface area contributed by atoms with Crippen LogP contribution in [0.2, 0.25) is 0 Å². The number of unbranched alkanes of at least 4 members (excludes halogenated alkanes) is 3. The largest absolute Gasteiger partial charge is 0.465 e. The van der Waals surface area contributed by atoms with E-state index in [0.29, 0.717) is 6.61 Å². The number of carbonyl (C=O) groups excluding carboxylic acids is 1. The Labute approximate surface area is 99.2 Å². The van der Waals surface area contributed by atoms with Gasteiger partial charge in [-0.1, -0.05) is 33.1 Å². The lowest BCUT2D eigenvalue weighted by atomic mass is 10.0. The van der Waals surface area contributed by atoms with Gasteiger partial charge in [-0.15, -0.1) is 0 Å². The van der Waals surface area contributed by atoms with Crippen LogP contribution in [0.25, 0.3) is 0 Å². The molecule has 0 radical (unpaired) electrons. The Morgan fingerprint density at radius 3 is 2.60 bits per heavy atom. The van der Waals surface area contributed by atoms with Crippen LogP contribution in [0.1, 0.15) is 52.4 Å². The Morgan fingerprint density at radius 1 is 1.27 bits per heavy atom. The quantitative estimate of drug-likeness (QED) is 0.374. The van der Waals surface area contributed by atoms with Gasteiger partial charge in [0.25, 0.3) is 0 Å². The van der Waals surface area contributed by atoms with Crippen LogP contribution >= 0.6 is 12.6 Å². The van der Waals surface area contributed by atoms with E-state index < -0.39 is 0 Å². The minimum atomic E-state index is -0.0330. The average Bonchev–Trinajstić information content (AvgIpc) is 2.24. The highest BCUT2D eigenvalue weighted by Gasteiger charge is 2.13. The number of carbonyl (C=O) groups is 1. The first-order valence-corrected chi connectivity index (χ1v) is 6.63. The number of esters is 1. The van der Waals surface area contributed by atoms with E-state index in [0.717, 1.165) is 44.3 Å². The predicted octanol–water partition coefficient (Wildman–Crippen LogP) is 3.46. The molecule has 0 aliphatic carbocycles. The number of hydrogen-bond donors (Lipinski definition) is 1. The third kappa shape index (κ3) is 8.79. The molecule has 0 aromatic carbocycles. The Morgan fingerprint density at radius 2 is 2.00 bits per heavy atom. The second-order valence-electron chi connectivity index (χ2n) is 4.00. The molecule has 0 aliphatic rings. The van der Waals surface area contributed by atoms with E-state index >= 15 is 0 Å². The molecular formula is C12H24O2S. The third-order valence-corrected chi connectivity index (χ3v) is 2.76. The van der Waals surface area contributed by atoms with Gasteiger partial charge in [0, 0.05) is 0 Å². The molecule has 0 aliphatic heterocycles. The topological polar surface area (TPSA) is 26.3 Å². The van der Waals surface area contributed by atoms with Crippen LogP contribution in [0.3, 0.4) is 0 Å². The molecule has 0 aromatic rings. The van der Waals surface area contributed by atoms with Gasteiger partial charge in [0.15, 0.2) is 0 Å². The molecule has 0 N–H and O–H groups in total. The monoisotopic (exact) mass is 232 g/mol. The van der Waals surface area contributed by atoms with Crippen LogP contribution in [-0.2, 0) is 9.53 Å². The van der Waals surface area contributed by atoms with E-state index in [1.165, 1.54) is 0 Å². The first-order valence-electron chi connectivity index (χ1n) is 5.99. The fourth-order valence-corrected chi connectivity index (χ4v) is 1.54. The van der Waals surface area contributed by atoms with E-state index in [1.807, 2.05) is 6.92 Å². The molecule has 0 rings (SSSR count). The maximum absolute atomic E-state index is 11.4. The van der Waals surface area contributed by atoms with Gasteiger partial charge < -0.3 is 4.74 Å². The zero-order valence-corrected chi connectivity index (χ0v) is 10.9. The summed E-state index contributed by atoms with van der Waals surface area (Å²) in [6.07, 6.45) is 6.39. The van der Waals surface area contributed by atoms with Crippen LogP contribution in [0.4, 0.5) is 0 Å². The molecule has 0 saturated carbocycles. The molecule has 0 spiro atoms. The van der Waals surface area contributed by atoms with E-state index in [1.54, 1.807) is 0 Å². The lowest BCUT2D eigenvalue weighted by Crippen LogP contribution is -2.15. The Balaban J connectivity index is 3.42. The molecule has 0 heterocycles. The molecule has 0 amide bonds. The second kappa shape index (κ2) is 10.3. The summed E-state index contributed by atoms with van der Waals surface area (Å²) in [7, 11) is 0. The lowest BCUT2D eigenvalue weighted by molar-refractivity contribution is -0.148. The van der Waals surface area contributed by atoms with Crippen molar-refractivity contribution < 1.29 is 9.53 Å². The number of hydrogen-bond acceptors (Lipinski definition) is 3. The van der Waals surface area contributed by atoms with Crippen molar-refractivity contribution in [3.05, 3.63) is 0 Å². The van der Waals surface area contributed by atoms with Crippen molar-refractivity contribution in [2.75, 3.05) is 12.4 Å². The molecule has 0 aromatic heterocycles. The normalized spacial score (nSPS) is 12.5. The first kappa shape index (κ1) is 14.8. The molecule has 0 fully saturated rings. The Kier molecular flexibility index (Phi) is 10.2. The zero-order chi connectivity index (χ0) is 11.5. The highest BCUT2D eigenvalue weighted by atomic mass is 32.1. The van der Waals surface area contributed by atoms with E-state index in [4.69, 9.17) is 4.74 Å². The van der Waals surface area contributed by atoms with Crippen LogP contribution in [-0.4, -0.2) is 18.3 Å². The minimum Gasteiger partial charge on any atom is -0.465 e. The fraction of sp³-hybridized carbons (Fsp3) is 0.917. The SMILES string of the molecule is CCCCOC(=O)[C@@H](C)CCCCCS. The highest BCUT2D eigenvalue weighted by Crippen LogP contribution is 2.11. The van der Waals surface area contributed by atoms with E-state index in [-0.39, 0.29) is 11.9 Å². The number of thiol groups is 1. The summed E-state index contributed by atoms with van der Waals surface area (Å²) < 4.78 is 5.15. The molecule has 3 heteroatoms. The highest BCUT2D eigenvalue weighted by molar-refractivity contribution is 7.80. The summed E-state index contributed by atoms with van der Waals surface area (Å²) in [4.78, 5) is 11.4. The molecule has 2 nitrogen and oxygen atoms in total. The van der Waals surface area contributed by atoms with Gasteiger partial charge in [0.05, 0.1) is 12.5 Å². The van der Waals surface area contributed by atoms with Crippen molar-refractivity contribution >= 4 is 18.6 Å². The molecule has 0 bridgehead atoms. The van der Waals surface area contributed by atoms with Gasteiger partial charge in [0.2, 0.25) is 0 Å². The van der Waals surface area contributed by atoms with Crippen molar-refractivity contribution in [1.82, 2.24) is 0 Å². The van der Waals surface area contributed by atoms with Crippen molar-refractivity contribution in [2.45, 2.75) is 52.4 Å². The van der Waals surface area contributed by atoms with Gasteiger partial charge in [-0.2, -0.15) is 12.6 Å². The number of rotatable bonds is 9. The van der Waals surface area contributed by atoms with Crippen LogP contribution in [0, 0.1) is 5.92 Å². The van der Waals surface area contributed by atoms with E-state index in [9.17, 15) is 4.79 Å². The zero-order valence-electron chi connectivity index (χ0n) is 10.00. The van der Waals surface area contributed by atoms with Crippen LogP contribution in [0.5, 0.6) is 0 Å². The summed E-state index contributed by atoms with van der Waals surface area (Å²) in [6.45, 7) is 4.63. The van der Waals surface area contributed by atoms with Crippen molar-refractivity contribution in [1.29, 1.82) is 0 Å². The van der Waals surface area contributed by atoms with Crippen molar-refractivity contribution in [2.24, 2.45) is 5.92 Å². The molecular weight excluding hydrogens is 208 g/mol. The van der Waals surface area contributed by atoms with Crippen molar-refractivity contribution in [3.8, 4) is 0 Å². The molecule has 0 unspecified atom stereocenters. The Bertz CT molecular complexity index is 160. The number of ether oxygens (including phenoxy) is 1. The van der Waals surface area contributed by atoms with Crippen molar-refractivity contribution in [3.63, 3.8) is 0 Å². The van der Waals surface area contributed by atoms with Gasteiger partial charge in [0.1, 0.15) is 0 Å². The summed E-state index contributed by atoms with van der Waals surface area (Å²) in [6, 6.07) is 0. The maximum atomic E-state index is 11.4. The van der Waals surface area contributed by atoms with Gasteiger partial charge in [-0.25, -0.2) is 0 Å². The van der Waals surface area contributed by atoms with E-state index in [2.05, 4.69) is 19.6 Å². The van der Waals surface area contributed by atoms with Gasteiger partial charge in [-0.05, 0) is 25.0 Å². The predicted molar refractivity (Wildman–Crippen MR) is 67.4 cm³/mol.